The Hall–Kier alpha value is -2.35. The normalized spacial score (nSPS) is 11.4. The van der Waals surface area contributed by atoms with Gasteiger partial charge in [-0.3, -0.25) is 14.9 Å². The van der Waals surface area contributed by atoms with Crippen LogP contribution in [0.5, 0.6) is 0 Å². The average Bonchev–Trinajstić information content (AvgIpc) is 2.35. The molecule has 0 aliphatic rings. The zero-order chi connectivity index (χ0) is 13.7. The lowest BCUT2D eigenvalue weighted by Gasteiger charge is -2.11. The van der Waals surface area contributed by atoms with E-state index in [1.54, 1.807) is 6.92 Å². The molecule has 1 N–H and O–H groups in total. The Kier molecular flexibility index (Phi) is 4.44. The molecule has 5 nitrogen and oxygen atoms in total. The highest BCUT2D eigenvalue weighted by Gasteiger charge is 2.15. The fourth-order valence-electron chi connectivity index (χ4n) is 1.51. The van der Waals surface area contributed by atoms with Crippen LogP contribution < -0.4 is 5.32 Å². The van der Waals surface area contributed by atoms with Crippen molar-refractivity contribution in [3.05, 3.63) is 39.4 Å². The first-order chi connectivity index (χ1) is 8.49. The molecule has 0 fully saturated rings. The van der Waals surface area contributed by atoms with Crippen molar-refractivity contribution in [3.63, 3.8) is 0 Å². The van der Waals surface area contributed by atoms with Crippen LogP contribution in [0.15, 0.2) is 18.2 Å². The fourth-order valence-corrected chi connectivity index (χ4v) is 1.51. The third kappa shape index (κ3) is 3.08. The first-order valence-electron chi connectivity index (χ1n) is 5.51. The van der Waals surface area contributed by atoms with Crippen LogP contribution >= 0.6 is 0 Å². The van der Waals surface area contributed by atoms with Crippen LogP contribution in [0.4, 0.5) is 5.69 Å². The van der Waals surface area contributed by atoms with E-state index in [4.69, 9.17) is 6.42 Å². The monoisotopic (exact) mass is 246 g/mol. The van der Waals surface area contributed by atoms with Gasteiger partial charge in [-0.05, 0) is 25.0 Å². The number of aryl methyl sites for hydroxylation is 1. The smallest absolute Gasteiger partial charge is 0.269 e. The van der Waals surface area contributed by atoms with Crippen LogP contribution in [0.25, 0.3) is 0 Å². The van der Waals surface area contributed by atoms with Crippen LogP contribution in [0.3, 0.4) is 0 Å². The number of non-ortho nitro benzene ring substituents is 1. The lowest BCUT2D eigenvalue weighted by molar-refractivity contribution is -0.384. The summed E-state index contributed by atoms with van der Waals surface area (Å²) in [6, 6.07) is 3.78. The molecular weight excluding hydrogens is 232 g/mol. The average molecular weight is 246 g/mol. The Morgan fingerprint density at radius 2 is 2.28 bits per heavy atom. The van der Waals surface area contributed by atoms with Crippen LogP contribution in [0, 0.1) is 29.4 Å². The Bertz CT molecular complexity index is 517. The predicted molar refractivity (Wildman–Crippen MR) is 68.2 cm³/mol. The molecule has 1 aromatic rings. The summed E-state index contributed by atoms with van der Waals surface area (Å²) in [7, 11) is 0. The van der Waals surface area contributed by atoms with Gasteiger partial charge in [0.1, 0.15) is 0 Å². The van der Waals surface area contributed by atoms with Crippen molar-refractivity contribution in [2.45, 2.75) is 26.3 Å². The number of amides is 1. The molecule has 0 saturated heterocycles. The van der Waals surface area contributed by atoms with Crippen molar-refractivity contribution < 1.29 is 9.72 Å². The molecule has 1 atom stereocenters. The minimum atomic E-state index is -0.495. The minimum Gasteiger partial charge on any atom is -0.338 e. The van der Waals surface area contributed by atoms with Gasteiger partial charge >= 0.3 is 0 Å². The number of carbonyl (C=O) groups excluding carboxylic acids is 1. The molecule has 1 unspecified atom stereocenters. The number of terminal acetylenes is 1. The topological polar surface area (TPSA) is 72.2 Å². The van der Waals surface area contributed by atoms with E-state index in [1.807, 2.05) is 6.92 Å². The molecular formula is C13H14N2O3. The fraction of sp³-hybridized carbons (Fsp3) is 0.308. The van der Waals surface area contributed by atoms with Gasteiger partial charge in [0, 0.05) is 17.7 Å². The molecule has 0 heterocycles. The molecule has 1 aromatic carbocycles. The van der Waals surface area contributed by atoms with E-state index in [2.05, 4.69) is 11.2 Å². The van der Waals surface area contributed by atoms with Gasteiger partial charge in [0.05, 0.1) is 11.0 Å². The number of nitro benzene ring substituents is 1. The van der Waals surface area contributed by atoms with Crippen LogP contribution in [0.2, 0.25) is 0 Å². The Balaban J connectivity index is 2.94. The standard InChI is InChI=1S/C13H14N2O3/c1-4-10(5-2)14-13(16)12-7-6-11(15(17)18)8-9(12)3/h1,6-8,10H,5H2,2-3H3,(H,14,16). The quantitative estimate of drug-likeness (QED) is 0.502. The number of carbonyl (C=O) groups is 1. The third-order valence-corrected chi connectivity index (χ3v) is 2.58. The predicted octanol–water partition coefficient (Wildman–Crippen LogP) is 2.04. The van der Waals surface area contributed by atoms with Crippen LogP contribution in [-0.2, 0) is 0 Å². The van der Waals surface area contributed by atoms with Crippen LogP contribution in [0.1, 0.15) is 29.3 Å². The molecule has 0 bridgehead atoms. The lowest BCUT2D eigenvalue weighted by Crippen LogP contribution is -2.33. The largest absolute Gasteiger partial charge is 0.338 e. The number of nitrogens with zero attached hydrogens (tertiary/aromatic N) is 1. The molecule has 0 aliphatic carbocycles. The summed E-state index contributed by atoms with van der Waals surface area (Å²) in [5.41, 5.74) is 0.913. The van der Waals surface area contributed by atoms with E-state index in [0.717, 1.165) is 0 Å². The lowest BCUT2D eigenvalue weighted by atomic mass is 10.1. The van der Waals surface area contributed by atoms with Gasteiger partial charge in [-0.1, -0.05) is 12.8 Å². The number of rotatable bonds is 4. The van der Waals surface area contributed by atoms with Crippen molar-refractivity contribution >= 4 is 11.6 Å². The molecule has 5 heteroatoms. The van der Waals surface area contributed by atoms with E-state index < -0.39 is 4.92 Å². The third-order valence-electron chi connectivity index (χ3n) is 2.58. The van der Waals surface area contributed by atoms with E-state index in [-0.39, 0.29) is 17.6 Å². The number of hydrogen-bond acceptors (Lipinski definition) is 3. The highest BCUT2D eigenvalue weighted by atomic mass is 16.6. The minimum absolute atomic E-state index is 0.0342. The first-order valence-corrected chi connectivity index (χ1v) is 5.51. The van der Waals surface area contributed by atoms with Gasteiger partial charge in [-0.25, -0.2) is 0 Å². The highest BCUT2D eigenvalue weighted by Crippen LogP contribution is 2.17. The van der Waals surface area contributed by atoms with Crippen molar-refractivity contribution in [3.8, 4) is 12.3 Å². The molecule has 18 heavy (non-hydrogen) atoms. The number of nitro groups is 1. The zero-order valence-corrected chi connectivity index (χ0v) is 10.3. The molecule has 94 valence electrons. The van der Waals surface area contributed by atoms with Gasteiger partial charge < -0.3 is 5.32 Å². The van der Waals surface area contributed by atoms with Gasteiger partial charge in [0.2, 0.25) is 0 Å². The number of nitrogens with one attached hydrogen (secondary N) is 1. The van der Waals surface area contributed by atoms with Gasteiger partial charge in [0.15, 0.2) is 0 Å². The molecule has 0 aliphatic heterocycles. The first kappa shape index (κ1) is 13.7. The molecule has 0 radical (unpaired) electrons. The summed E-state index contributed by atoms with van der Waals surface area (Å²) in [5.74, 6) is 2.15. The summed E-state index contributed by atoms with van der Waals surface area (Å²) in [6.45, 7) is 3.52. The van der Waals surface area contributed by atoms with E-state index in [1.165, 1.54) is 18.2 Å². The molecule has 1 amide bonds. The summed E-state index contributed by atoms with van der Waals surface area (Å²) in [5, 5.41) is 13.3. The van der Waals surface area contributed by atoms with Gasteiger partial charge in [0.25, 0.3) is 11.6 Å². The number of hydrogen-bond donors (Lipinski definition) is 1. The molecule has 1 rings (SSSR count). The Morgan fingerprint density at radius 3 is 2.72 bits per heavy atom. The zero-order valence-electron chi connectivity index (χ0n) is 10.3. The van der Waals surface area contributed by atoms with Crippen molar-refractivity contribution in [2.24, 2.45) is 0 Å². The van der Waals surface area contributed by atoms with E-state index in [0.29, 0.717) is 17.5 Å². The van der Waals surface area contributed by atoms with Gasteiger partial charge in [-0.15, -0.1) is 6.42 Å². The van der Waals surface area contributed by atoms with Crippen LogP contribution in [-0.4, -0.2) is 16.9 Å². The SMILES string of the molecule is C#CC(CC)NC(=O)c1ccc([N+](=O)[O-])cc1C. The van der Waals surface area contributed by atoms with Crippen molar-refractivity contribution in [1.29, 1.82) is 0 Å². The second kappa shape index (κ2) is 5.82. The van der Waals surface area contributed by atoms with E-state index in [9.17, 15) is 14.9 Å². The maximum absolute atomic E-state index is 11.9. The van der Waals surface area contributed by atoms with Gasteiger partial charge in [-0.2, -0.15) is 0 Å². The Labute approximate surface area is 105 Å². The second-order valence-electron chi connectivity index (χ2n) is 3.86. The summed E-state index contributed by atoms with van der Waals surface area (Å²) in [6.07, 6.45) is 5.89. The second-order valence-corrected chi connectivity index (χ2v) is 3.86. The summed E-state index contributed by atoms with van der Waals surface area (Å²) >= 11 is 0. The van der Waals surface area contributed by atoms with Crippen molar-refractivity contribution in [1.82, 2.24) is 5.32 Å². The summed E-state index contributed by atoms with van der Waals surface area (Å²) in [4.78, 5) is 22.0. The van der Waals surface area contributed by atoms with E-state index >= 15 is 0 Å². The number of benzene rings is 1. The molecule has 0 spiro atoms. The van der Waals surface area contributed by atoms with Crippen molar-refractivity contribution in [2.75, 3.05) is 0 Å². The summed E-state index contributed by atoms with van der Waals surface area (Å²) < 4.78 is 0. The highest BCUT2D eigenvalue weighted by molar-refractivity contribution is 5.96. The molecule has 0 saturated carbocycles. The maximum atomic E-state index is 11.9. The molecule has 0 aromatic heterocycles. The Morgan fingerprint density at radius 1 is 1.61 bits per heavy atom. The maximum Gasteiger partial charge on any atom is 0.269 e.